The predicted molar refractivity (Wildman–Crippen MR) is 77.0 cm³/mol. The van der Waals surface area contributed by atoms with Gasteiger partial charge in [0.15, 0.2) is 0 Å². The molecule has 6 nitrogen and oxygen atoms in total. The highest BCUT2D eigenvalue weighted by molar-refractivity contribution is 5.77. The van der Waals surface area contributed by atoms with Gasteiger partial charge in [0.2, 0.25) is 0 Å². The molecule has 0 radical (unpaired) electrons. The lowest BCUT2D eigenvalue weighted by atomic mass is 10.3. The van der Waals surface area contributed by atoms with Crippen LogP contribution in [-0.2, 0) is 19.1 Å². The Morgan fingerprint density at radius 3 is 1.13 bits per heavy atom. The zero-order valence-corrected chi connectivity index (χ0v) is 17.2. The van der Waals surface area contributed by atoms with Gasteiger partial charge in [-0.25, -0.2) is 0 Å². The second-order valence-electron chi connectivity index (χ2n) is 6.97. The van der Waals surface area contributed by atoms with Crippen molar-refractivity contribution in [3.8, 4) is 0 Å². The summed E-state index contributed by atoms with van der Waals surface area (Å²) < 4.78 is 11.6. The van der Waals surface area contributed by atoms with Crippen LogP contribution < -0.4 is 37.2 Å². The molecule has 23 heavy (non-hydrogen) atoms. The second kappa shape index (κ2) is 14.1. The first-order chi connectivity index (χ1) is 8.99. The van der Waals surface area contributed by atoms with Gasteiger partial charge in [0, 0.05) is 0 Å². The van der Waals surface area contributed by atoms with Crippen LogP contribution in [0.1, 0.15) is 12.8 Å². The summed E-state index contributed by atoms with van der Waals surface area (Å²) in [5.74, 6) is -0.691. The van der Waals surface area contributed by atoms with Crippen LogP contribution in [0.2, 0.25) is 0 Å². The number of nitrogens with zero attached hydrogens (tertiary/aromatic N) is 2. The Bertz CT molecular complexity index is 297. The molecule has 0 spiro atoms. The highest BCUT2D eigenvalue weighted by Gasteiger charge is 2.13. The molecule has 9 heteroatoms. The van der Waals surface area contributed by atoms with Gasteiger partial charge in [-0.2, -0.15) is 0 Å². The molecule has 0 fully saturated rings. The minimum absolute atomic E-state index is 0. The van der Waals surface area contributed by atoms with E-state index in [1.807, 2.05) is 42.3 Å². The van der Waals surface area contributed by atoms with Crippen LogP contribution in [0.3, 0.4) is 0 Å². The van der Waals surface area contributed by atoms with E-state index >= 15 is 0 Å². The van der Waals surface area contributed by atoms with Crippen LogP contribution in [-0.4, -0.2) is 89.5 Å². The van der Waals surface area contributed by atoms with Crippen molar-refractivity contribution in [2.75, 3.05) is 68.6 Å². The highest BCUT2D eigenvalue weighted by atomic mass is 35.5. The molecule has 0 aromatic carbocycles. The van der Waals surface area contributed by atoms with Crippen LogP contribution >= 0.6 is 0 Å². The van der Waals surface area contributed by atoms with Gasteiger partial charge in [-0.3, -0.25) is 9.59 Å². The molecular weight excluding hydrogens is 367 g/mol. The molecule has 0 rings (SSSR count). The van der Waals surface area contributed by atoms with Crippen molar-refractivity contribution in [1.82, 2.24) is 0 Å². The number of ether oxygens (including phenoxy) is 2. The Balaban J connectivity index is -0.000000602. The van der Waals surface area contributed by atoms with Crippen molar-refractivity contribution in [1.29, 1.82) is 0 Å². The molecule has 0 aliphatic rings. The van der Waals surface area contributed by atoms with Gasteiger partial charge in [0.25, 0.3) is 0 Å². The topological polar surface area (TPSA) is 52.6 Å². The Morgan fingerprint density at radius 1 is 0.652 bits per heavy atom. The summed E-state index contributed by atoms with van der Waals surface area (Å²) in [5.41, 5.74) is 0. The van der Waals surface area contributed by atoms with E-state index in [9.17, 15) is 9.59 Å². The number of esters is 2. The molecule has 142 valence electrons. The largest absolute Gasteiger partial charge is 1.00 e. The van der Waals surface area contributed by atoms with E-state index in [4.69, 9.17) is 9.47 Å². The summed E-state index contributed by atoms with van der Waals surface area (Å²) in [6.45, 7) is 2.25. The zero-order chi connectivity index (χ0) is 15.8. The number of carbonyl (C=O) groups excluding carboxylic acids is 2. The van der Waals surface area contributed by atoms with E-state index in [1.165, 1.54) is 0 Å². The van der Waals surface area contributed by atoms with E-state index in [-0.39, 0.29) is 62.0 Å². The lowest BCUT2D eigenvalue weighted by Gasteiger charge is -2.23. The van der Waals surface area contributed by atoms with Crippen LogP contribution in [0, 0.1) is 0 Å². The molecule has 0 atom stereocenters. The third kappa shape index (κ3) is 24.1. The lowest BCUT2D eigenvalue weighted by Crippen LogP contribution is -3.00. The standard InChI is InChI=1S/C14H30N2O4.3ClH/c1-15(2,3)9-11-19-13(17)7-8-14(18)20-12-10-16(4,5)6;;;/h7-12H2,1-6H3;3*1H/q+2;;;/p-3. The maximum atomic E-state index is 11.4. The van der Waals surface area contributed by atoms with Gasteiger partial charge in [-0.05, 0) is 0 Å². The molecule has 0 aliphatic carbocycles. The molecule has 0 aromatic rings. The van der Waals surface area contributed by atoms with Crippen molar-refractivity contribution < 1.29 is 65.2 Å². The average Bonchev–Trinajstić information content (AvgIpc) is 2.22. The third-order valence-corrected chi connectivity index (χ3v) is 2.58. The maximum absolute atomic E-state index is 11.4. The maximum Gasteiger partial charge on any atom is 0.306 e. The molecule has 0 amide bonds. The molecule has 0 saturated heterocycles. The Morgan fingerprint density at radius 2 is 0.913 bits per heavy atom. The molecule has 0 aliphatic heterocycles. The SMILES string of the molecule is C[N+](C)(C)CCOC(=O)CCC(=O)OCC[N+](C)(C)C.[Cl-].[Cl-].[Cl-]. The summed E-state index contributed by atoms with van der Waals surface area (Å²) >= 11 is 0. The van der Waals surface area contributed by atoms with Crippen LogP contribution in [0.5, 0.6) is 0 Å². The Labute approximate surface area is 158 Å². The number of hydrogen-bond acceptors (Lipinski definition) is 4. The van der Waals surface area contributed by atoms with Gasteiger partial charge >= 0.3 is 11.9 Å². The highest BCUT2D eigenvalue weighted by Crippen LogP contribution is 1.98. The van der Waals surface area contributed by atoms with Crippen molar-refractivity contribution in [2.45, 2.75) is 12.8 Å². The molecule has 0 saturated carbocycles. The number of halogens is 3. The summed E-state index contributed by atoms with van der Waals surface area (Å²) in [4.78, 5) is 22.9. The van der Waals surface area contributed by atoms with Crippen molar-refractivity contribution >= 4 is 11.9 Å². The summed E-state index contributed by atoms with van der Waals surface area (Å²) in [5, 5.41) is 0. The molecular formula is C14H30Cl3N2O4-. The van der Waals surface area contributed by atoms with E-state index in [0.29, 0.717) is 13.2 Å². The molecule has 0 heterocycles. The fourth-order valence-corrected chi connectivity index (χ4v) is 1.22. The number of carbonyl (C=O) groups is 2. The first-order valence-electron chi connectivity index (χ1n) is 6.92. The normalized spacial score (nSPS) is 10.5. The van der Waals surface area contributed by atoms with Gasteiger partial charge < -0.3 is 55.7 Å². The Kier molecular flexibility index (Phi) is 18.8. The smallest absolute Gasteiger partial charge is 0.306 e. The third-order valence-electron chi connectivity index (χ3n) is 2.58. The van der Waals surface area contributed by atoms with Crippen molar-refractivity contribution in [3.63, 3.8) is 0 Å². The summed E-state index contributed by atoms with van der Waals surface area (Å²) in [6, 6.07) is 0. The summed E-state index contributed by atoms with van der Waals surface area (Å²) in [7, 11) is 12.2. The Hall–Kier alpha value is -0.270. The van der Waals surface area contributed by atoms with E-state index in [1.54, 1.807) is 0 Å². The minimum atomic E-state index is -0.345. The fraction of sp³-hybridized carbons (Fsp3) is 0.857. The number of hydrogen-bond donors (Lipinski definition) is 0. The first-order valence-corrected chi connectivity index (χ1v) is 6.92. The lowest BCUT2D eigenvalue weighted by molar-refractivity contribution is -0.870. The van der Waals surface area contributed by atoms with E-state index in [0.717, 1.165) is 22.1 Å². The second-order valence-corrected chi connectivity index (χ2v) is 6.97. The summed E-state index contributed by atoms with van der Waals surface area (Å²) in [6.07, 6.45) is 0.167. The quantitative estimate of drug-likeness (QED) is 0.287. The predicted octanol–water partition coefficient (Wildman–Crippen LogP) is -8.72. The number of rotatable bonds is 9. The fourth-order valence-electron chi connectivity index (χ4n) is 1.22. The molecule has 0 N–H and O–H groups in total. The number of likely N-dealkylation sites (N-methyl/N-ethyl adjacent to an activating group) is 2. The van der Waals surface area contributed by atoms with Gasteiger partial charge in [0.1, 0.15) is 26.3 Å². The van der Waals surface area contributed by atoms with E-state index in [2.05, 4.69) is 0 Å². The first kappa shape index (κ1) is 30.6. The molecule has 0 bridgehead atoms. The minimum Gasteiger partial charge on any atom is -1.00 e. The number of quaternary nitrogens is 2. The molecule has 0 aromatic heterocycles. The van der Waals surface area contributed by atoms with Crippen LogP contribution in [0.15, 0.2) is 0 Å². The van der Waals surface area contributed by atoms with Crippen LogP contribution in [0.4, 0.5) is 0 Å². The van der Waals surface area contributed by atoms with Crippen LogP contribution in [0.25, 0.3) is 0 Å². The molecule has 0 unspecified atom stereocenters. The van der Waals surface area contributed by atoms with Gasteiger partial charge in [-0.1, -0.05) is 0 Å². The van der Waals surface area contributed by atoms with Gasteiger partial charge in [0.05, 0.1) is 55.1 Å². The van der Waals surface area contributed by atoms with Crippen molar-refractivity contribution in [3.05, 3.63) is 0 Å². The van der Waals surface area contributed by atoms with Gasteiger partial charge in [-0.15, -0.1) is 0 Å². The average molecular weight is 397 g/mol. The monoisotopic (exact) mass is 395 g/mol. The van der Waals surface area contributed by atoms with Crippen molar-refractivity contribution in [2.24, 2.45) is 0 Å². The zero-order valence-electron chi connectivity index (χ0n) is 14.9. The van der Waals surface area contributed by atoms with E-state index < -0.39 is 0 Å².